The van der Waals surface area contributed by atoms with Gasteiger partial charge in [0.1, 0.15) is 29.9 Å². The second kappa shape index (κ2) is 6.87. The van der Waals surface area contributed by atoms with Crippen LogP contribution in [0, 0.1) is 5.92 Å². The molecule has 1 fully saturated rings. The van der Waals surface area contributed by atoms with E-state index >= 15 is 0 Å². The van der Waals surface area contributed by atoms with Crippen LogP contribution in [0.15, 0.2) is 12.1 Å². The summed E-state index contributed by atoms with van der Waals surface area (Å²) in [7, 11) is 4.66. The fourth-order valence-electron chi connectivity index (χ4n) is 2.49. The quantitative estimate of drug-likeness (QED) is 0.838. The lowest BCUT2D eigenvalue weighted by molar-refractivity contribution is -0.152. The number of cyclic esters (lactones) is 1. The Kier molecular flexibility index (Phi) is 5.13. The third-order valence-electron chi connectivity index (χ3n) is 3.87. The Morgan fingerprint density at radius 1 is 1.14 bits per heavy atom. The summed E-state index contributed by atoms with van der Waals surface area (Å²) in [5.41, 5.74) is 0.626. The van der Waals surface area contributed by atoms with E-state index < -0.39 is 6.04 Å². The van der Waals surface area contributed by atoms with Gasteiger partial charge in [0.2, 0.25) is 0 Å². The maximum absolute atomic E-state index is 12.2. The van der Waals surface area contributed by atoms with Crippen LogP contribution in [0.25, 0.3) is 0 Å². The van der Waals surface area contributed by atoms with E-state index in [9.17, 15) is 4.79 Å². The number of benzene rings is 1. The van der Waals surface area contributed by atoms with Crippen LogP contribution in [0.2, 0.25) is 0 Å². The fourth-order valence-corrected chi connectivity index (χ4v) is 2.49. The van der Waals surface area contributed by atoms with Gasteiger partial charge >= 0.3 is 5.97 Å². The molecule has 2 rings (SSSR count). The van der Waals surface area contributed by atoms with Gasteiger partial charge in [0.25, 0.3) is 0 Å². The Hall–Kier alpha value is -1.95. The van der Waals surface area contributed by atoms with Crippen molar-refractivity contribution in [2.45, 2.75) is 25.9 Å². The Labute approximate surface area is 130 Å². The number of hydrogen-bond acceptors (Lipinski definition) is 6. The standard InChI is InChI=1S/C16H23NO5/c1-9(2)11-8-22-16(18)15(17-11)14-12(20-4)6-10(19-3)7-13(14)21-5/h6-7,9,11,15,17H,8H2,1-5H3/t11-,15+/m1/s1. The van der Waals surface area contributed by atoms with Crippen LogP contribution in [0.4, 0.5) is 0 Å². The zero-order valence-electron chi connectivity index (χ0n) is 13.6. The number of ether oxygens (including phenoxy) is 4. The topological polar surface area (TPSA) is 66.0 Å². The Morgan fingerprint density at radius 2 is 1.73 bits per heavy atom. The summed E-state index contributed by atoms with van der Waals surface area (Å²) in [6.45, 7) is 4.53. The molecule has 1 aromatic rings. The van der Waals surface area contributed by atoms with E-state index in [1.807, 2.05) is 0 Å². The van der Waals surface area contributed by atoms with Crippen molar-refractivity contribution in [1.29, 1.82) is 0 Å². The van der Waals surface area contributed by atoms with Gasteiger partial charge in [-0.25, -0.2) is 4.79 Å². The molecule has 6 nitrogen and oxygen atoms in total. The summed E-state index contributed by atoms with van der Waals surface area (Å²) < 4.78 is 21.4. The maximum Gasteiger partial charge on any atom is 0.328 e. The molecule has 1 aromatic carbocycles. The molecule has 1 aliphatic heterocycles. The lowest BCUT2D eigenvalue weighted by Crippen LogP contribution is -2.49. The van der Waals surface area contributed by atoms with E-state index in [0.29, 0.717) is 35.3 Å². The minimum absolute atomic E-state index is 0.0826. The van der Waals surface area contributed by atoms with Gasteiger partial charge < -0.3 is 18.9 Å². The van der Waals surface area contributed by atoms with Crippen LogP contribution < -0.4 is 19.5 Å². The van der Waals surface area contributed by atoms with Gasteiger partial charge in [-0.05, 0) is 5.92 Å². The molecule has 0 spiro atoms. The van der Waals surface area contributed by atoms with E-state index in [1.165, 1.54) is 0 Å². The highest BCUT2D eigenvalue weighted by Gasteiger charge is 2.36. The summed E-state index contributed by atoms with van der Waals surface area (Å²) in [6.07, 6.45) is 0. The molecule has 2 atom stereocenters. The minimum Gasteiger partial charge on any atom is -0.496 e. The van der Waals surface area contributed by atoms with Crippen LogP contribution >= 0.6 is 0 Å². The largest absolute Gasteiger partial charge is 0.496 e. The molecule has 0 aliphatic carbocycles. The molecule has 1 saturated heterocycles. The molecule has 0 bridgehead atoms. The third kappa shape index (κ3) is 3.11. The number of carbonyl (C=O) groups is 1. The monoisotopic (exact) mass is 309 g/mol. The normalized spacial score (nSPS) is 21.5. The van der Waals surface area contributed by atoms with Crippen molar-refractivity contribution in [3.8, 4) is 17.2 Å². The van der Waals surface area contributed by atoms with Crippen molar-refractivity contribution in [2.75, 3.05) is 27.9 Å². The van der Waals surface area contributed by atoms with Gasteiger partial charge in [-0.1, -0.05) is 13.8 Å². The number of rotatable bonds is 5. The van der Waals surface area contributed by atoms with E-state index in [4.69, 9.17) is 18.9 Å². The van der Waals surface area contributed by atoms with E-state index in [2.05, 4.69) is 19.2 Å². The third-order valence-corrected chi connectivity index (χ3v) is 3.87. The summed E-state index contributed by atoms with van der Waals surface area (Å²) >= 11 is 0. The summed E-state index contributed by atoms with van der Waals surface area (Å²) in [5.74, 6) is 1.65. The first-order chi connectivity index (χ1) is 10.5. The van der Waals surface area contributed by atoms with E-state index in [-0.39, 0.29) is 12.0 Å². The van der Waals surface area contributed by atoms with Gasteiger partial charge in [0, 0.05) is 18.2 Å². The van der Waals surface area contributed by atoms with E-state index in [0.717, 1.165) is 0 Å². The molecule has 0 amide bonds. The minimum atomic E-state index is -0.628. The van der Waals surface area contributed by atoms with Gasteiger partial charge in [-0.15, -0.1) is 0 Å². The molecule has 0 aromatic heterocycles. The average Bonchev–Trinajstić information content (AvgIpc) is 2.53. The number of morpholine rings is 1. The van der Waals surface area contributed by atoms with Crippen LogP contribution in [0.1, 0.15) is 25.5 Å². The molecule has 1 N–H and O–H groups in total. The van der Waals surface area contributed by atoms with Gasteiger partial charge in [0.15, 0.2) is 0 Å². The first-order valence-electron chi connectivity index (χ1n) is 7.24. The first kappa shape index (κ1) is 16.4. The summed E-state index contributed by atoms with van der Waals surface area (Å²) in [4.78, 5) is 12.2. The smallest absolute Gasteiger partial charge is 0.328 e. The van der Waals surface area contributed by atoms with Gasteiger partial charge in [-0.3, -0.25) is 5.32 Å². The maximum atomic E-state index is 12.2. The highest BCUT2D eigenvalue weighted by molar-refractivity contribution is 5.81. The first-order valence-corrected chi connectivity index (χ1v) is 7.24. The molecular weight excluding hydrogens is 286 g/mol. The predicted octanol–water partition coefficient (Wildman–Crippen LogP) is 1.92. The SMILES string of the molecule is COc1cc(OC)c([C@@H]2N[C@@H](C(C)C)COC2=O)c(OC)c1. The number of carbonyl (C=O) groups excluding carboxylic acids is 1. The fraction of sp³-hybridized carbons (Fsp3) is 0.562. The number of esters is 1. The second-order valence-electron chi connectivity index (χ2n) is 5.53. The summed E-state index contributed by atoms with van der Waals surface area (Å²) in [6, 6.07) is 2.91. The number of methoxy groups -OCH3 is 3. The molecule has 0 saturated carbocycles. The summed E-state index contributed by atoms with van der Waals surface area (Å²) in [5, 5.41) is 3.33. The molecule has 0 radical (unpaired) electrons. The lowest BCUT2D eigenvalue weighted by atomic mass is 9.97. The van der Waals surface area contributed by atoms with Crippen LogP contribution in [-0.2, 0) is 9.53 Å². The zero-order chi connectivity index (χ0) is 16.3. The van der Waals surface area contributed by atoms with Crippen molar-refractivity contribution in [3.63, 3.8) is 0 Å². The van der Waals surface area contributed by atoms with Crippen molar-refractivity contribution in [3.05, 3.63) is 17.7 Å². The lowest BCUT2D eigenvalue weighted by Gasteiger charge is -2.33. The van der Waals surface area contributed by atoms with Crippen LogP contribution in [0.5, 0.6) is 17.2 Å². The van der Waals surface area contributed by atoms with Crippen molar-refractivity contribution < 1.29 is 23.7 Å². The zero-order valence-corrected chi connectivity index (χ0v) is 13.6. The molecule has 1 heterocycles. The Balaban J connectivity index is 2.46. The molecule has 1 aliphatic rings. The predicted molar refractivity (Wildman–Crippen MR) is 81.6 cm³/mol. The highest BCUT2D eigenvalue weighted by atomic mass is 16.5. The average molecular weight is 309 g/mol. The van der Waals surface area contributed by atoms with E-state index in [1.54, 1.807) is 33.5 Å². The van der Waals surface area contributed by atoms with Crippen molar-refractivity contribution >= 4 is 5.97 Å². The molecule has 122 valence electrons. The van der Waals surface area contributed by atoms with Crippen LogP contribution in [0.3, 0.4) is 0 Å². The molecule has 22 heavy (non-hydrogen) atoms. The van der Waals surface area contributed by atoms with Crippen molar-refractivity contribution in [1.82, 2.24) is 5.32 Å². The molecular formula is C16H23NO5. The number of nitrogens with one attached hydrogen (secondary N) is 1. The highest BCUT2D eigenvalue weighted by Crippen LogP contribution is 2.39. The number of hydrogen-bond donors (Lipinski definition) is 1. The van der Waals surface area contributed by atoms with Crippen molar-refractivity contribution in [2.24, 2.45) is 5.92 Å². The molecule has 6 heteroatoms. The molecule has 0 unspecified atom stereocenters. The van der Waals surface area contributed by atoms with Gasteiger partial charge in [0.05, 0.1) is 26.9 Å². The van der Waals surface area contributed by atoms with Gasteiger partial charge in [-0.2, -0.15) is 0 Å². The second-order valence-corrected chi connectivity index (χ2v) is 5.53. The Bertz CT molecular complexity index is 518. The Morgan fingerprint density at radius 3 is 2.18 bits per heavy atom. The van der Waals surface area contributed by atoms with Crippen LogP contribution in [-0.4, -0.2) is 39.9 Å².